The predicted molar refractivity (Wildman–Crippen MR) is 97.2 cm³/mol. The fourth-order valence-corrected chi connectivity index (χ4v) is 2.35. The zero-order chi connectivity index (χ0) is 19.1. The van der Waals surface area contributed by atoms with Crippen LogP contribution >= 0.6 is 11.6 Å². The molecule has 2 amide bonds. The number of carbonyl (C=O) groups is 2. The molecule has 8 heteroatoms. The van der Waals surface area contributed by atoms with Crippen LogP contribution in [0.3, 0.4) is 0 Å². The van der Waals surface area contributed by atoms with Gasteiger partial charge in [0.2, 0.25) is 11.8 Å². The van der Waals surface area contributed by atoms with Crippen molar-refractivity contribution in [1.82, 2.24) is 4.90 Å². The van der Waals surface area contributed by atoms with Gasteiger partial charge in [0.15, 0.2) is 11.6 Å². The van der Waals surface area contributed by atoms with E-state index in [1.165, 1.54) is 6.07 Å². The van der Waals surface area contributed by atoms with Gasteiger partial charge < -0.3 is 10.6 Å². The third kappa shape index (κ3) is 6.09. The second kappa shape index (κ2) is 9.26. The van der Waals surface area contributed by atoms with E-state index in [2.05, 4.69) is 10.6 Å². The minimum Gasteiger partial charge on any atom is -0.326 e. The van der Waals surface area contributed by atoms with Crippen LogP contribution in [0.5, 0.6) is 0 Å². The van der Waals surface area contributed by atoms with Gasteiger partial charge in [0.25, 0.3) is 0 Å². The number of nitrogens with zero attached hydrogens (tertiary/aromatic N) is 1. The molecule has 0 radical (unpaired) electrons. The lowest BCUT2D eigenvalue weighted by atomic mass is 10.3. The third-order valence-electron chi connectivity index (χ3n) is 3.49. The van der Waals surface area contributed by atoms with E-state index in [1.807, 2.05) is 0 Å². The molecule has 0 atom stereocenters. The third-order valence-corrected chi connectivity index (χ3v) is 3.82. The first-order valence-corrected chi connectivity index (χ1v) is 8.21. The molecule has 2 aromatic rings. The highest BCUT2D eigenvalue weighted by Gasteiger charge is 2.11. The maximum absolute atomic E-state index is 13.1. The number of rotatable bonds is 7. The van der Waals surface area contributed by atoms with Crippen molar-refractivity contribution >= 4 is 34.8 Å². The summed E-state index contributed by atoms with van der Waals surface area (Å²) in [5.41, 5.74) is 0.691. The molecule has 0 bridgehead atoms. The summed E-state index contributed by atoms with van der Waals surface area (Å²) < 4.78 is 26.0. The Kier molecular flexibility index (Phi) is 7.06. The van der Waals surface area contributed by atoms with Gasteiger partial charge in [-0.05, 0) is 31.3 Å². The summed E-state index contributed by atoms with van der Waals surface area (Å²) in [7, 11) is 1.69. The van der Waals surface area contributed by atoms with Crippen molar-refractivity contribution in [3.05, 3.63) is 59.1 Å². The summed E-state index contributed by atoms with van der Waals surface area (Å²) in [5, 5.41) is 5.60. The standard InChI is InChI=1S/C18H18ClF2N3O2/c1-24(11-18(26)23-16-5-3-2-4-13(16)19)9-8-17(25)22-12-6-7-14(20)15(21)10-12/h2-7,10H,8-9,11H2,1H3,(H,22,25)(H,23,26). The number of anilines is 2. The zero-order valence-electron chi connectivity index (χ0n) is 14.1. The molecule has 0 aliphatic rings. The smallest absolute Gasteiger partial charge is 0.238 e. The summed E-state index contributed by atoms with van der Waals surface area (Å²) in [5.74, 6) is -2.64. The van der Waals surface area contributed by atoms with Crippen LogP contribution in [0.2, 0.25) is 5.02 Å². The molecular formula is C18H18ClF2N3O2. The Morgan fingerprint density at radius 2 is 1.77 bits per heavy atom. The molecular weight excluding hydrogens is 364 g/mol. The van der Waals surface area contributed by atoms with E-state index >= 15 is 0 Å². The molecule has 0 saturated heterocycles. The van der Waals surface area contributed by atoms with Crippen molar-refractivity contribution in [2.24, 2.45) is 0 Å². The number of nitrogens with one attached hydrogen (secondary N) is 2. The van der Waals surface area contributed by atoms with Gasteiger partial charge in [0.1, 0.15) is 0 Å². The monoisotopic (exact) mass is 381 g/mol. The molecule has 0 saturated carbocycles. The van der Waals surface area contributed by atoms with Gasteiger partial charge >= 0.3 is 0 Å². The highest BCUT2D eigenvalue weighted by molar-refractivity contribution is 6.33. The molecule has 0 spiro atoms. The first-order valence-electron chi connectivity index (χ1n) is 7.83. The second-order valence-electron chi connectivity index (χ2n) is 5.69. The SMILES string of the molecule is CN(CCC(=O)Nc1ccc(F)c(F)c1)CC(=O)Nc1ccccc1Cl. The van der Waals surface area contributed by atoms with Gasteiger partial charge in [-0.25, -0.2) is 8.78 Å². The molecule has 0 unspecified atom stereocenters. The molecule has 5 nitrogen and oxygen atoms in total. The highest BCUT2D eigenvalue weighted by atomic mass is 35.5. The molecule has 0 aliphatic heterocycles. The van der Waals surface area contributed by atoms with Gasteiger partial charge in [-0.2, -0.15) is 0 Å². The summed E-state index contributed by atoms with van der Waals surface area (Å²) in [6.07, 6.45) is 0.0921. The fourth-order valence-electron chi connectivity index (χ4n) is 2.17. The molecule has 0 fully saturated rings. The Balaban J connectivity index is 1.76. The first-order chi connectivity index (χ1) is 12.3. The topological polar surface area (TPSA) is 61.4 Å². The summed E-state index contributed by atoms with van der Waals surface area (Å²) in [4.78, 5) is 25.5. The van der Waals surface area contributed by atoms with Gasteiger partial charge in [-0.15, -0.1) is 0 Å². The van der Waals surface area contributed by atoms with Gasteiger partial charge in [0, 0.05) is 24.7 Å². The van der Waals surface area contributed by atoms with Crippen molar-refractivity contribution in [3.63, 3.8) is 0 Å². The van der Waals surface area contributed by atoms with Crippen LogP contribution in [-0.2, 0) is 9.59 Å². The Hall–Kier alpha value is -2.51. The predicted octanol–water partition coefficient (Wildman–Crippen LogP) is 3.52. The normalized spacial score (nSPS) is 10.7. The number of hydrogen-bond acceptors (Lipinski definition) is 3. The van der Waals surface area contributed by atoms with Crippen molar-refractivity contribution in [3.8, 4) is 0 Å². The number of benzene rings is 2. The largest absolute Gasteiger partial charge is 0.326 e. The molecule has 2 N–H and O–H groups in total. The van der Waals surface area contributed by atoms with Crippen molar-refractivity contribution < 1.29 is 18.4 Å². The molecule has 0 aromatic heterocycles. The van der Waals surface area contributed by atoms with Crippen LogP contribution in [0.1, 0.15) is 6.42 Å². The van der Waals surface area contributed by atoms with Crippen LogP contribution in [0, 0.1) is 11.6 Å². The summed E-state index contributed by atoms with van der Waals surface area (Å²) in [6, 6.07) is 10.0. The molecule has 0 heterocycles. The van der Waals surface area contributed by atoms with Gasteiger partial charge in [-0.3, -0.25) is 14.5 Å². The lowest BCUT2D eigenvalue weighted by molar-refractivity contribution is -0.119. The minimum atomic E-state index is -1.03. The lowest BCUT2D eigenvalue weighted by Gasteiger charge is -2.16. The maximum Gasteiger partial charge on any atom is 0.238 e. The molecule has 2 rings (SSSR count). The number of halogens is 3. The first kappa shape index (κ1) is 19.8. The second-order valence-corrected chi connectivity index (χ2v) is 6.10. The average molecular weight is 382 g/mol. The van der Waals surface area contributed by atoms with E-state index in [0.29, 0.717) is 17.3 Å². The van der Waals surface area contributed by atoms with Crippen LogP contribution in [0.15, 0.2) is 42.5 Å². The summed E-state index contributed by atoms with van der Waals surface area (Å²) in [6.45, 7) is 0.384. The average Bonchev–Trinajstić information content (AvgIpc) is 2.58. The maximum atomic E-state index is 13.1. The van der Waals surface area contributed by atoms with Crippen molar-refractivity contribution in [2.45, 2.75) is 6.42 Å². The Labute approximate surface area is 154 Å². The Morgan fingerprint density at radius 1 is 1.04 bits per heavy atom. The van der Waals surface area contributed by atoms with Crippen LogP contribution in [0.25, 0.3) is 0 Å². The van der Waals surface area contributed by atoms with Crippen LogP contribution in [-0.4, -0.2) is 36.9 Å². The number of para-hydroxylation sites is 1. The molecule has 26 heavy (non-hydrogen) atoms. The number of amides is 2. The van der Waals surface area contributed by atoms with E-state index in [0.717, 1.165) is 12.1 Å². The van der Waals surface area contributed by atoms with E-state index in [9.17, 15) is 18.4 Å². The number of carbonyl (C=O) groups excluding carboxylic acids is 2. The van der Waals surface area contributed by atoms with E-state index in [-0.39, 0.29) is 30.5 Å². The lowest BCUT2D eigenvalue weighted by Crippen LogP contribution is -2.32. The molecule has 2 aromatic carbocycles. The quantitative estimate of drug-likeness (QED) is 0.771. The van der Waals surface area contributed by atoms with E-state index < -0.39 is 11.6 Å². The minimum absolute atomic E-state index is 0.0731. The van der Waals surface area contributed by atoms with Crippen LogP contribution < -0.4 is 10.6 Å². The Morgan fingerprint density at radius 3 is 2.46 bits per heavy atom. The zero-order valence-corrected chi connectivity index (χ0v) is 14.8. The Bertz CT molecular complexity index is 802. The van der Waals surface area contributed by atoms with E-state index in [1.54, 1.807) is 36.2 Å². The molecule has 0 aliphatic carbocycles. The van der Waals surface area contributed by atoms with Crippen molar-refractivity contribution in [1.29, 1.82) is 0 Å². The van der Waals surface area contributed by atoms with E-state index in [4.69, 9.17) is 11.6 Å². The summed E-state index contributed by atoms with van der Waals surface area (Å²) >= 11 is 5.97. The highest BCUT2D eigenvalue weighted by Crippen LogP contribution is 2.20. The number of likely N-dealkylation sites (N-methyl/N-ethyl adjacent to an activating group) is 1. The molecule has 138 valence electrons. The van der Waals surface area contributed by atoms with Gasteiger partial charge in [-0.1, -0.05) is 23.7 Å². The number of hydrogen-bond donors (Lipinski definition) is 2. The fraction of sp³-hybridized carbons (Fsp3) is 0.222. The van der Waals surface area contributed by atoms with Crippen LogP contribution in [0.4, 0.5) is 20.2 Å². The van der Waals surface area contributed by atoms with Gasteiger partial charge in [0.05, 0.1) is 17.3 Å². The van der Waals surface area contributed by atoms with Crippen molar-refractivity contribution in [2.75, 3.05) is 30.8 Å².